The molecule has 6 nitrogen and oxygen atoms in total. The lowest BCUT2D eigenvalue weighted by Gasteiger charge is -2.17. The highest BCUT2D eigenvalue weighted by Crippen LogP contribution is 2.23. The number of aromatic nitrogens is 3. The van der Waals surface area contributed by atoms with E-state index >= 15 is 0 Å². The van der Waals surface area contributed by atoms with Gasteiger partial charge in [0.05, 0.1) is 29.2 Å². The third kappa shape index (κ3) is 4.43. The zero-order chi connectivity index (χ0) is 21.8. The van der Waals surface area contributed by atoms with Crippen molar-refractivity contribution >= 4 is 16.9 Å². The minimum absolute atomic E-state index is 0.175. The van der Waals surface area contributed by atoms with E-state index in [1.807, 2.05) is 43.3 Å². The van der Waals surface area contributed by atoms with Crippen molar-refractivity contribution in [1.82, 2.24) is 19.9 Å². The number of benzene rings is 2. The number of pyridine rings is 1. The Hall–Kier alpha value is -3.67. The molecule has 31 heavy (non-hydrogen) atoms. The highest BCUT2D eigenvalue weighted by atomic mass is 16.5. The molecule has 6 heteroatoms. The molecule has 4 aromatic rings. The smallest absolute Gasteiger partial charge is 0.253 e. The zero-order valence-electron chi connectivity index (χ0n) is 18.0. The van der Waals surface area contributed by atoms with Crippen molar-refractivity contribution in [2.24, 2.45) is 0 Å². The summed E-state index contributed by atoms with van der Waals surface area (Å²) in [7, 11) is 0. The van der Waals surface area contributed by atoms with Gasteiger partial charge in [-0.15, -0.1) is 0 Å². The second-order valence-corrected chi connectivity index (χ2v) is 7.59. The van der Waals surface area contributed by atoms with Crippen molar-refractivity contribution in [3.05, 3.63) is 89.5 Å². The van der Waals surface area contributed by atoms with Crippen molar-refractivity contribution in [2.75, 3.05) is 6.61 Å². The number of hydrogen-bond donors (Lipinski definition) is 1. The van der Waals surface area contributed by atoms with Gasteiger partial charge in [0.2, 0.25) is 0 Å². The predicted octanol–water partition coefficient (Wildman–Crippen LogP) is 4.62. The summed E-state index contributed by atoms with van der Waals surface area (Å²) in [6.07, 6.45) is 3.21. The van der Waals surface area contributed by atoms with Gasteiger partial charge < -0.3 is 14.6 Å². The zero-order valence-corrected chi connectivity index (χ0v) is 18.0. The van der Waals surface area contributed by atoms with Crippen LogP contribution in [0.4, 0.5) is 0 Å². The van der Waals surface area contributed by atoms with E-state index in [1.54, 1.807) is 24.5 Å². The summed E-state index contributed by atoms with van der Waals surface area (Å²) >= 11 is 0. The van der Waals surface area contributed by atoms with Crippen LogP contribution in [0.25, 0.3) is 11.0 Å². The number of hydrogen-bond acceptors (Lipinski definition) is 4. The Morgan fingerprint density at radius 1 is 1.10 bits per heavy atom. The summed E-state index contributed by atoms with van der Waals surface area (Å²) in [5, 5.41) is 3.04. The second kappa shape index (κ2) is 9.00. The molecule has 1 N–H and O–H groups in total. The van der Waals surface area contributed by atoms with Gasteiger partial charge in [0.25, 0.3) is 5.91 Å². The molecule has 4 rings (SSSR count). The number of aryl methyl sites for hydroxylation is 1. The molecule has 0 spiro atoms. The normalized spacial score (nSPS) is 12.0. The third-order valence-corrected chi connectivity index (χ3v) is 5.47. The van der Waals surface area contributed by atoms with Crippen LogP contribution in [0.2, 0.25) is 0 Å². The van der Waals surface area contributed by atoms with Crippen LogP contribution in [-0.4, -0.2) is 27.0 Å². The number of imidazole rings is 1. The standard InChI is InChI=1S/C25H26N4O2/c1-17-8-6-12-23(18(17)2)31-15-14-29-22-11-5-4-10-21(22)28-24(29)19(3)27-25(30)20-9-7-13-26-16-20/h4-13,16,19H,14-15H2,1-3H3,(H,27,30). The number of fused-ring (bicyclic) bond motifs is 1. The lowest BCUT2D eigenvalue weighted by molar-refractivity contribution is 0.0937. The monoisotopic (exact) mass is 414 g/mol. The van der Waals surface area contributed by atoms with E-state index in [0.717, 1.165) is 28.2 Å². The quantitative estimate of drug-likeness (QED) is 0.479. The second-order valence-electron chi connectivity index (χ2n) is 7.59. The molecule has 0 radical (unpaired) electrons. The number of para-hydroxylation sites is 2. The van der Waals surface area contributed by atoms with Crippen LogP contribution < -0.4 is 10.1 Å². The van der Waals surface area contributed by atoms with Gasteiger partial charge in [-0.1, -0.05) is 24.3 Å². The number of amides is 1. The average molecular weight is 415 g/mol. The van der Waals surface area contributed by atoms with E-state index in [2.05, 4.69) is 34.8 Å². The van der Waals surface area contributed by atoms with Gasteiger partial charge in [-0.2, -0.15) is 0 Å². The van der Waals surface area contributed by atoms with Crippen LogP contribution in [0.1, 0.15) is 40.3 Å². The van der Waals surface area contributed by atoms with Crippen LogP contribution in [0.3, 0.4) is 0 Å². The Morgan fingerprint density at radius 3 is 2.74 bits per heavy atom. The summed E-state index contributed by atoms with van der Waals surface area (Å²) < 4.78 is 8.20. The molecule has 158 valence electrons. The summed E-state index contributed by atoms with van der Waals surface area (Å²) in [6.45, 7) is 7.21. The topological polar surface area (TPSA) is 69.0 Å². The first kappa shape index (κ1) is 20.6. The Labute approximate surface area is 181 Å². The first-order valence-electron chi connectivity index (χ1n) is 10.4. The van der Waals surface area contributed by atoms with E-state index in [1.165, 1.54) is 5.56 Å². The first-order chi connectivity index (χ1) is 15.0. The van der Waals surface area contributed by atoms with Crippen LogP contribution >= 0.6 is 0 Å². The Balaban J connectivity index is 1.55. The highest BCUT2D eigenvalue weighted by molar-refractivity contribution is 5.94. The molecule has 2 aromatic carbocycles. The third-order valence-electron chi connectivity index (χ3n) is 5.47. The number of carbonyl (C=O) groups excluding carboxylic acids is 1. The number of nitrogens with zero attached hydrogens (tertiary/aromatic N) is 3. The maximum atomic E-state index is 12.6. The maximum absolute atomic E-state index is 12.6. The Morgan fingerprint density at radius 2 is 1.94 bits per heavy atom. The number of rotatable bonds is 7. The Bertz CT molecular complexity index is 1200. The summed E-state index contributed by atoms with van der Waals surface area (Å²) in [6, 6.07) is 17.3. The molecule has 0 fully saturated rings. The van der Waals surface area contributed by atoms with E-state index in [0.29, 0.717) is 18.7 Å². The lowest BCUT2D eigenvalue weighted by atomic mass is 10.1. The van der Waals surface area contributed by atoms with Crippen molar-refractivity contribution in [3.63, 3.8) is 0 Å². The van der Waals surface area contributed by atoms with Crippen molar-refractivity contribution in [3.8, 4) is 5.75 Å². The van der Waals surface area contributed by atoms with Crippen LogP contribution in [0.15, 0.2) is 67.0 Å². The van der Waals surface area contributed by atoms with E-state index < -0.39 is 0 Å². The summed E-state index contributed by atoms with van der Waals surface area (Å²) in [4.78, 5) is 21.4. The molecule has 2 heterocycles. The molecular formula is C25H26N4O2. The Kier molecular flexibility index (Phi) is 5.98. The first-order valence-corrected chi connectivity index (χ1v) is 10.4. The number of carbonyl (C=O) groups is 1. The fourth-order valence-corrected chi connectivity index (χ4v) is 3.63. The van der Waals surface area contributed by atoms with Gasteiger partial charge in [-0.3, -0.25) is 9.78 Å². The van der Waals surface area contributed by atoms with Crippen LogP contribution in [0.5, 0.6) is 5.75 Å². The average Bonchev–Trinajstić information content (AvgIpc) is 3.16. The van der Waals surface area contributed by atoms with E-state index in [4.69, 9.17) is 9.72 Å². The highest BCUT2D eigenvalue weighted by Gasteiger charge is 2.19. The van der Waals surface area contributed by atoms with Gasteiger partial charge in [0.1, 0.15) is 18.2 Å². The maximum Gasteiger partial charge on any atom is 0.253 e. The van der Waals surface area contributed by atoms with Gasteiger partial charge in [-0.05, 0) is 62.2 Å². The molecule has 1 amide bonds. The minimum atomic E-state index is -0.277. The van der Waals surface area contributed by atoms with Gasteiger partial charge in [0, 0.05) is 12.4 Å². The molecule has 0 aliphatic carbocycles. The van der Waals surface area contributed by atoms with E-state index in [9.17, 15) is 4.79 Å². The molecule has 0 aliphatic rings. The van der Waals surface area contributed by atoms with Crippen molar-refractivity contribution in [1.29, 1.82) is 0 Å². The number of nitrogens with one attached hydrogen (secondary N) is 1. The molecule has 0 bridgehead atoms. The number of ether oxygens (including phenoxy) is 1. The summed E-state index contributed by atoms with van der Waals surface area (Å²) in [5.74, 6) is 1.51. The fraction of sp³-hybridized carbons (Fsp3) is 0.240. The molecule has 1 unspecified atom stereocenters. The molecule has 0 saturated heterocycles. The van der Waals surface area contributed by atoms with E-state index in [-0.39, 0.29) is 11.9 Å². The van der Waals surface area contributed by atoms with Crippen LogP contribution in [-0.2, 0) is 6.54 Å². The van der Waals surface area contributed by atoms with Crippen LogP contribution in [0, 0.1) is 13.8 Å². The lowest BCUT2D eigenvalue weighted by Crippen LogP contribution is -2.29. The molecular weight excluding hydrogens is 388 g/mol. The molecule has 2 aromatic heterocycles. The molecule has 1 atom stereocenters. The summed E-state index contributed by atoms with van der Waals surface area (Å²) in [5.41, 5.74) is 4.79. The predicted molar refractivity (Wildman–Crippen MR) is 121 cm³/mol. The van der Waals surface area contributed by atoms with Gasteiger partial charge >= 0.3 is 0 Å². The largest absolute Gasteiger partial charge is 0.491 e. The van der Waals surface area contributed by atoms with Gasteiger partial charge in [-0.25, -0.2) is 4.98 Å². The van der Waals surface area contributed by atoms with Gasteiger partial charge in [0.15, 0.2) is 0 Å². The van der Waals surface area contributed by atoms with Crippen molar-refractivity contribution < 1.29 is 9.53 Å². The SMILES string of the molecule is Cc1cccc(OCCn2c(C(C)NC(=O)c3cccnc3)nc3ccccc32)c1C. The fourth-order valence-electron chi connectivity index (χ4n) is 3.63. The van der Waals surface area contributed by atoms with Crippen molar-refractivity contribution in [2.45, 2.75) is 33.4 Å². The molecule has 0 saturated carbocycles. The molecule has 0 aliphatic heterocycles. The minimum Gasteiger partial charge on any atom is -0.491 e.